The zero-order chi connectivity index (χ0) is 26.8. The van der Waals surface area contributed by atoms with Crippen molar-refractivity contribution in [2.45, 2.75) is 117 Å². The van der Waals surface area contributed by atoms with Crippen molar-refractivity contribution in [1.29, 1.82) is 0 Å². The van der Waals surface area contributed by atoms with Crippen LogP contribution < -0.4 is 5.32 Å². The fraction of sp³-hybridized carbons (Fsp3) is 0.871. The summed E-state index contributed by atoms with van der Waals surface area (Å²) in [6.45, 7) is 13.1. The second-order valence-electron chi connectivity index (χ2n) is 13.9. The molecule has 5 aliphatic rings. The number of allylic oxidation sites excluding steroid dienone is 1. The minimum Gasteiger partial charge on any atom is -0.462 e. The first-order valence-corrected chi connectivity index (χ1v) is 14.9. The Labute approximate surface area is 223 Å². The van der Waals surface area contributed by atoms with Gasteiger partial charge in [0.2, 0.25) is 5.91 Å². The molecule has 2 unspecified atom stereocenters. The average Bonchev–Trinajstić information content (AvgIpc) is 3.26. The van der Waals surface area contributed by atoms with Crippen molar-refractivity contribution in [3.05, 3.63) is 11.6 Å². The molecule has 0 spiro atoms. The molecule has 4 fully saturated rings. The molecule has 1 aliphatic heterocycles. The van der Waals surface area contributed by atoms with Crippen molar-refractivity contribution in [2.75, 3.05) is 6.54 Å². The summed E-state index contributed by atoms with van der Waals surface area (Å²) >= 11 is 0. The van der Waals surface area contributed by atoms with E-state index in [-0.39, 0.29) is 40.8 Å². The predicted octanol–water partition coefficient (Wildman–Crippen LogP) is 5.38. The van der Waals surface area contributed by atoms with Crippen LogP contribution in [0.4, 0.5) is 0 Å². The largest absolute Gasteiger partial charge is 0.462 e. The Morgan fingerprint density at radius 1 is 1.22 bits per heavy atom. The molecule has 5 rings (SSSR count). The lowest BCUT2D eigenvalue weighted by Crippen LogP contribution is -2.52. The second kappa shape index (κ2) is 9.66. The summed E-state index contributed by atoms with van der Waals surface area (Å²) in [6.07, 6.45) is 11.8. The number of rotatable bonds is 6. The highest BCUT2D eigenvalue weighted by Crippen LogP contribution is 2.70. The van der Waals surface area contributed by atoms with Gasteiger partial charge in [0.1, 0.15) is 6.10 Å². The highest BCUT2D eigenvalue weighted by Gasteiger charge is 2.67. The molecule has 3 saturated carbocycles. The average molecular weight is 516 g/mol. The molecule has 0 aromatic carbocycles. The Balaban J connectivity index is 1.28. The van der Waals surface area contributed by atoms with Gasteiger partial charge in [-0.1, -0.05) is 39.3 Å². The second-order valence-corrected chi connectivity index (χ2v) is 13.9. The third-order valence-corrected chi connectivity index (χ3v) is 11.8. The fourth-order valence-electron chi connectivity index (χ4n) is 9.81. The SMILES string of the molecule is CC(=O)NCC(C)CCC1(O)O[C@H]2C[C@H]3[C@@H]4CC=C5C[C@@H](OC(C)=O)CC[C@]5(C)[C@H]4CC[C@]3(C)[C@H]2[C@@H]1C. The van der Waals surface area contributed by atoms with Crippen LogP contribution >= 0.6 is 0 Å². The summed E-state index contributed by atoms with van der Waals surface area (Å²) in [7, 11) is 0. The first kappa shape index (κ1) is 27.2. The highest BCUT2D eigenvalue weighted by atomic mass is 16.6. The van der Waals surface area contributed by atoms with Crippen LogP contribution in [0, 0.1) is 46.3 Å². The normalized spacial score (nSPS) is 47.1. The van der Waals surface area contributed by atoms with Crippen molar-refractivity contribution in [3.8, 4) is 0 Å². The third kappa shape index (κ3) is 4.58. The summed E-state index contributed by atoms with van der Waals surface area (Å²) in [6, 6.07) is 0. The minimum absolute atomic E-state index is 0.00359. The van der Waals surface area contributed by atoms with Crippen LogP contribution in [0.1, 0.15) is 99.3 Å². The van der Waals surface area contributed by atoms with Crippen LogP contribution in [0.25, 0.3) is 0 Å². The molecular weight excluding hydrogens is 466 g/mol. The van der Waals surface area contributed by atoms with Crippen molar-refractivity contribution in [3.63, 3.8) is 0 Å². The Morgan fingerprint density at radius 3 is 2.68 bits per heavy atom. The zero-order valence-electron chi connectivity index (χ0n) is 23.8. The van der Waals surface area contributed by atoms with Crippen LogP contribution in [0.15, 0.2) is 11.6 Å². The summed E-state index contributed by atoms with van der Waals surface area (Å²) in [5, 5.41) is 14.6. The Hall–Kier alpha value is -1.40. The van der Waals surface area contributed by atoms with Gasteiger partial charge in [0, 0.05) is 39.2 Å². The third-order valence-electron chi connectivity index (χ3n) is 11.8. The summed E-state index contributed by atoms with van der Waals surface area (Å²) in [4.78, 5) is 22.8. The van der Waals surface area contributed by atoms with Gasteiger partial charge >= 0.3 is 5.97 Å². The molecule has 1 saturated heterocycles. The highest BCUT2D eigenvalue weighted by molar-refractivity contribution is 5.72. The van der Waals surface area contributed by atoms with Crippen LogP contribution in [0.2, 0.25) is 0 Å². The van der Waals surface area contributed by atoms with Crippen molar-refractivity contribution < 1.29 is 24.2 Å². The zero-order valence-corrected chi connectivity index (χ0v) is 23.8. The van der Waals surface area contributed by atoms with Gasteiger partial charge in [0.25, 0.3) is 0 Å². The van der Waals surface area contributed by atoms with Crippen LogP contribution in [-0.2, 0) is 19.1 Å². The number of carbonyl (C=O) groups is 2. The minimum atomic E-state index is -1.06. The number of carbonyl (C=O) groups excluding carboxylic acids is 2. The van der Waals surface area contributed by atoms with E-state index in [9.17, 15) is 14.7 Å². The summed E-state index contributed by atoms with van der Waals surface area (Å²) < 4.78 is 12.2. The molecule has 1 amide bonds. The first-order valence-electron chi connectivity index (χ1n) is 14.9. The molecule has 0 radical (unpaired) electrons. The van der Waals surface area contributed by atoms with E-state index in [1.807, 2.05) is 0 Å². The quantitative estimate of drug-likeness (QED) is 0.366. The Kier molecular flexibility index (Phi) is 7.09. The van der Waals surface area contributed by atoms with Gasteiger partial charge in [-0.3, -0.25) is 9.59 Å². The fourth-order valence-corrected chi connectivity index (χ4v) is 9.81. The number of nitrogens with one attached hydrogen (secondary N) is 1. The Morgan fingerprint density at radius 2 is 1.97 bits per heavy atom. The van der Waals surface area contributed by atoms with Crippen molar-refractivity contribution in [2.24, 2.45) is 46.3 Å². The molecule has 2 N–H and O–H groups in total. The van der Waals surface area contributed by atoms with E-state index in [1.165, 1.54) is 25.3 Å². The number of fused-ring (bicyclic) bond motifs is 7. The van der Waals surface area contributed by atoms with Crippen LogP contribution in [0.5, 0.6) is 0 Å². The van der Waals surface area contributed by atoms with Gasteiger partial charge in [-0.2, -0.15) is 0 Å². The van der Waals surface area contributed by atoms with Gasteiger partial charge in [-0.15, -0.1) is 0 Å². The van der Waals surface area contributed by atoms with E-state index >= 15 is 0 Å². The van der Waals surface area contributed by atoms with Crippen molar-refractivity contribution in [1.82, 2.24) is 5.32 Å². The molecule has 11 atom stereocenters. The number of esters is 1. The van der Waals surface area contributed by atoms with E-state index in [4.69, 9.17) is 9.47 Å². The lowest BCUT2D eigenvalue weighted by molar-refractivity contribution is -0.220. The van der Waals surface area contributed by atoms with E-state index in [2.05, 4.69) is 39.1 Å². The summed E-state index contributed by atoms with van der Waals surface area (Å²) in [5.74, 6) is 1.58. The topological polar surface area (TPSA) is 84.9 Å². The van der Waals surface area contributed by atoms with Gasteiger partial charge in [0.15, 0.2) is 5.79 Å². The van der Waals surface area contributed by atoms with Gasteiger partial charge in [-0.05, 0) is 85.4 Å². The number of amides is 1. The molecule has 0 bridgehead atoms. The molecule has 208 valence electrons. The van der Waals surface area contributed by atoms with Gasteiger partial charge < -0.3 is 19.9 Å². The van der Waals surface area contributed by atoms with E-state index in [0.717, 1.165) is 38.5 Å². The van der Waals surface area contributed by atoms with Gasteiger partial charge in [-0.25, -0.2) is 0 Å². The van der Waals surface area contributed by atoms with Crippen molar-refractivity contribution >= 4 is 11.9 Å². The number of aliphatic hydroxyl groups is 1. The van der Waals surface area contributed by atoms with E-state index in [0.29, 0.717) is 42.6 Å². The molecule has 4 aliphatic carbocycles. The smallest absolute Gasteiger partial charge is 0.302 e. The maximum Gasteiger partial charge on any atom is 0.302 e. The monoisotopic (exact) mass is 515 g/mol. The molecule has 6 heteroatoms. The van der Waals surface area contributed by atoms with E-state index in [1.54, 1.807) is 6.92 Å². The number of hydrogen-bond donors (Lipinski definition) is 2. The first-order chi connectivity index (χ1) is 17.4. The Bertz CT molecular complexity index is 948. The lowest BCUT2D eigenvalue weighted by Gasteiger charge is -2.58. The summed E-state index contributed by atoms with van der Waals surface area (Å²) in [5.41, 5.74) is 1.95. The number of ether oxygens (including phenoxy) is 2. The lowest BCUT2D eigenvalue weighted by atomic mass is 9.47. The maximum atomic E-state index is 11.7. The molecule has 1 heterocycles. The van der Waals surface area contributed by atoms with Crippen LogP contribution in [-0.4, -0.2) is 41.5 Å². The molecule has 6 nitrogen and oxygen atoms in total. The molecule has 37 heavy (non-hydrogen) atoms. The number of hydrogen-bond acceptors (Lipinski definition) is 5. The molecular formula is C31H49NO5. The van der Waals surface area contributed by atoms with Gasteiger partial charge in [0.05, 0.1) is 6.10 Å². The standard InChI is InChI=1S/C31H49NO5/c1-18(17-32-20(3)33)9-14-31(35)19(2)28-27(37-31)16-26-24-8-7-22-15-23(36-21(4)34)10-12-29(22,5)25(24)11-13-30(26,28)6/h7,18-19,23-28,35H,8-17H2,1-6H3,(H,32,33)/t18?,19-,23-,24+,25-,26-,27-,28-,29-,30-,31?/m0/s1. The maximum absolute atomic E-state index is 11.7. The molecule has 0 aromatic heterocycles. The predicted molar refractivity (Wildman–Crippen MR) is 142 cm³/mol. The molecule has 0 aromatic rings. The van der Waals surface area contributed by atoms with E-state index < -0.39 is 5.79 Å². The van der Waals surface area contributed by atoms with Crippen LogP contribution in [0.3, 0.4) is 0 Å².